The lowest BCUT2D eigenvalue weighted by Gasteiger charge is -2.27. The zero-order valence-electron chi connectivity index (χ0n) is 11.2. The van der Waals surface area contributed by atoms with Crippen molar-refractivity contribution in [1.82, 2.24) is 4.72 Å². The van der Waals surface area contributed by atoms with Crippen LogP contribution in [0.25, 0.3) is 0 Å². The van der Waals surface area contributed by atoms with Gasteiger partial charge in [-0.3, -0.25) is 0 Å². The number of nitrogens with one attached hydrogen (secondary N) is 2. The summed E-state index contributed by atoms with van der Waals surface area (Å²) < 4.78 is 26.2. The van der Waals surface area contributed by atoms with Crippen LogP contribution in [0.3, 0.4) is 0 Å². The molecule has 1 aliphatic carbocycles. The van der Waals surface area contributed by atoms with Gasteiger partial charge in [0, 0.05) is 0 Å². The van der Waals surface area contributed by atoms with Gasteiger partial charge in [-0.2, -0.15) is 0 Å². The van der Waals surface area contributed by atoms with E-state index in [9.17, 15) is 18.3 Å². The second-order valence-electron chi connectivity index (χ2n) is 4.92. The van der Waals surface area contributed by atoms with E-state index in [0.29, 0.717) is 18.5 Å². The van der Waals surface area contributed by atoms with Crippen LogP contribution in [0, 0.1) is 0 Å². The minimum atomic E-state index is -3.63. The van der Waals surface area contributed by atoms with Gasteiger partial charge in [-0.1, -0.05) is 25.0 Å². The number of anilines is 1. The molecule has 2 rings (SSSR count). The van der Waals surface area contributed by atoms with Gasteiger partial charge in [-0.25, -0.2) is 17.9 Å². The van der Waals surface area contributed by atoms with Gasteiger partial charge in [0.1, 0.15) is 10.4 Å². The van der Waals surface area contributed by atoms with E-state index >= 15 is 0 Å². The summed E-state index contributed by atoms with van der Waals surface area (Å²) in [5, 5.41) is 12.4. The smallest absolute Gasteiger partial charge is 0.329 e. The Labute approximate surface area is 118 Å². The monoisotopic (exact) mass is 298 g/mol. The largest absolute Gasteiger partial charge is 0.480 e. The number of sulfonamides is 1. The Morgan fingerprint density at radius 2 is 1.85 bits per heavy atom. The molecule has 0 radical (unpaired) electrons. The van der Waals surface area contributed by atoms with E-state index < -0.39 is 21.5 Å². The number of hydrogen-bond acceptors (Lipinski definition) is 4. The number of carbonyl (C=O) groups is 1. The fraction of sp³-hybridized carbons (Fsp3) is 0.462. The van der Waals surface area contributed by atoms with Crippen molar-refractivity contribution in [3.8, 4) is 0 Å². The number of hydrogen-bond donors (Lipinski definition) is 3. The minimum Gasteiger partial charge on any atom is -0.480 e. The molecule has 0 atom stereocenters. The van der Waals surface area contributed by atoms with Crippen molar-refractivity contribution in [2.45, 2.75) is 36.1 Å². The maximum absolute atomic E-state index is 12.0. The third kappa shape index (κ3) is 2.64. The topological polar surface area (TPSA) is 95.5 Å². The summed E-state index contributed by atoms with van der Waals surface area (Å²) in [6.07, 6.45) is 2.63. The quantitative estimate of drug-likeness (QED) is 0.764. The molecule has 0 aromatic heterocycles. The number of benzene rings is 1. The first-order valence-electron chi connectivity index (χ1n) is 6.45. The molecule has 3 N–H and O–H groups in total. The van der Waals surface area contributed by atoms with Crippen LogP contribution in [-0.4, -0.2) is 32.1 Å². The molecule has 1 aromatic carbocycles. The number of carboxylic acid groups (broad SMARTS) is 1. The van der Waals surface area contributed by atoms with Crippen molar-refractivity contribution in [3.63, 3.8) is 0 Å². The fourth-order valence-corrected chi connectivity index (χ4v) is 3.43. The van der Waals surface area contributed by atoms with Crippen LogP contribution < -0.4 is 10.0 Å². The van der Waals surface area contributed by atoms with Crippen LogP contribution in [0.15, 0.2) is 29.2 Å². The predicted octanol–water partition coefficient (Wildman–Crippen LogP) is 1.40. The molecule has 7 heteroatoms. The molecule has 0 saturated heterocycles. The van der Waals surface area contributed by atoms with Crippen LogP contribution in [0.5, 0.6) is 0 Å². The second kappa shape index (κ2) is 5.41. The summed E-state index contributed by atoms with van der Waals surface area (Å²) >= 11 is 0. The molecular weight excluding hydrogens is 280 g/mol. The van der Waals surface area contributed by atoms with Gasteiger partial charge in [0.25, 0.3) is 0 Å². The van der Waals surface area contributed by atoms with Crippen molar-refractivity contribution < 1.29 is 18.3 Å². The summed E-state index contributed by atoms with van der Waals surface area (Å²) in [6.45, 7) is 0. The average Bonchev–Trinajstić information content (AvgIpc) is 2.89. The van der Waals surface area contributed by atoms with E-state index in [2.05, 4.69) is 10.0 Å². The lowest BCUT2D eigenvalue weighted by molar-refractivity contribution is -0.142. The molecule has 0 bridgehead atoms. The molecule has 110 valence electrons. The Balaban J connectivity index is 2.42. The van der Waals surface area contributed by atoms with Crippen LogP contribution >= 0.6 is 0 Å². The fourth-order valence-electron chi connectivity index (χ4n) is 2.54. The molecule has 6 nitrogen and oxygen atoms in total. The molecule has 1 fully saturated rings. The summed E-state index contributed by atoms with van der Waals surface area (Å²) in [5.74, 6) is -0.938. The molecule has 0 aliphatic heterocycles. The molecule has 0 spiro atoms. The highest BCUT2D eigenvalue weighted by Crippen LogP contribution is 2.35. The molecular formula is C13H18N2O4S. The highest BCUT2D eigenvalue weighted by atomic mass is 32.2. The lowest BCUT2D eigenvalue weighted by atomic mass is 9.97. The third-order valence-electron chi connectivity index (χ3n) is 3.69. The van der Waals surface area contributed by atoms with Gasteiger partial charge >= 0.3 is 5.97 Å². The van der Waals surface area contributed by atoms with Gasteiger partial charge in [0.15, 0.2) is 0 Å². The first kappa shape index (κ1) is 14.8. The summed E-state index contributed by atoms with van der Waals surface area (Å²) in [6, 6.07) is 6.34. The van der Waals surface area contributed by atoms with E-state index in [1.54, 1.807) is 18.2 Å². The second-order valence-corrected chi connectivity index (χ2v) is 6.78. The molecule has 0 heterocycles. The van der Waals surface area contributed by atoms with Crippen molar-refractivity contribution in [2.24, 2.45) is 0 Å². The molecule has 1 aliphatic rings. The van der Waals surface area contributed by atoms with E-state index in [1.807, 2.05) is 0 Å². The summed E-state index contributed by atoms with van der Waals surface area (Å²) in [5.41, 5.74) is -0.745. The summed E-state index contributed by atoms with van der Waals surface area (Å²) in [7, 11) is -2.30. The molecule has 0 unspecified atom stereocenters. The van der Waals surface area contributed by atoms with Gasteiger partial charge in [-0.05, 0) is 32.0 Å². The van der Waals surface area contributed by atoms with Crippen LogP contribution in [0.1, 0.15) is 25.7 Å². The number of carboxylic acids is 1. The zero-order valence-corrected chi connectivity index (χ0v) is 12.0. The molecule has 0 amide bonds. The highest BCUT2D eigenvalue weighted by Gasteiger charge is 2.42. The maximum Gasteiger partial charge on any atom is 0.329 e. The Morgan fingerprint density at radius 3 is 2.40 bits per heavy atom. The minimum absolute atomic E-state index is 0.0648. The van der Waals surface area contributed by atoms with Crippen molar-refractivity contribution in [2.75, 3.05) is 12.4 Å². The first-order valence-corrected chi connectivity index (χ1v) is 7.94. The van der Waals surface area contributed by atoms with Gasteiger partial charge in [-0.15, -0.1) is 0 Å². The number of rotatable bonds is 5. The van der Waals surface area contributed by atoms with E-state index in [1.165, 1.54) is 13.1 Å². The lowest BCUT2D eigenvalue weighted by Crippen LogP contribution is -2.44. The normalized spacial score (nSPS) is 17.9. The van der Waals surface area contributed by atoms with Crippen LogP contribution in [0.2, 0.25) is 0 Å². The van der Waals surface area contributed by atoms with Crippen molar-refractivity contribution in [1.29, 1.82) is 0 Å². The molecule has 1 saturated carbocycles. The Hall–Kier alpha value is -1.60. The third-order valence-corrected chi connectivity index (χ3v) is 5.16. The van der Waals surface area contributed by atoms with Crippen molar-refractivity contribution in [3.05, 3.63) is 24.3 Å². The maximum atomic E-state index is 12.0. The predicted molar refractivity (Wildman–Crippen MR) is 75.1 cm³/mol. The Bertz CT molecular complexity index is 607. The van der Waals surface area contributed by atoms with Gasteiger partial charge < -0.3 is 10.4 Å². The van der Waals surface area contributed by atoms with Crippen molar-refractivity contribution >= 4 is 21.7 Å². The Morgan fingerprint density at radius 1 is 1.25 bits per heavy atom. The van der Waals surface area contributed by atoms with Crippen LogP contribution in [-0.2, 0) is 14.8 Å². The van der Waals surface area contributed by atoms with Gasteiger partial charge in [0.05, 0.1) is 5.69 Å². The standard InChI is InChI=1S/C13H18N2O4S/c1-14-20(18,19)11-7-3-2-6-10(11)15-13(12(16)17)8-4-5-9-13/h2-3,6-7,14-15H,4-5,8-9H2,1H3,(H,16,17). The average molecular weight is 298 g/mol. The highest BCUT2D eigenvalue weighted by molar-refractivity contribution is 7.89. The Kier molecular flexibility index (Phi) is 4.01. The summed E-state index contributed by atoms with van der Waals surface area (Å²) in [4.78, 5) is 11.6. The molecule has 20 heavy (non-hydrogen) atoms. The molecule has 1 aromatic rings. The first-order chi connectivity index (χ1) is 9.41. The number of para-hydroxylation sites is 1. The zero-order chi connectivity index (χ0) is 14.8. The van der Waals surface area contributed by atoms with E-state index in [0.717, 1.165) is 12.8 Å². The van der Waals surface area contributed by atoms with E-state index in [4.69, 9.17) is 0 Å². The number of aliphatic carboxylic acids is 1. The SMILES string of the molecule is CNS(=O)(=O)c1ccccc1NC1(C(=O)O)CCCC1. The van der Waals surface area contributed by atoms with Gasteiger partial charge in [0.2, 0.25) is 10.0 Å². The van der Waals surface area contributed by atoms with E-state index in [-0.39, 0.29) is 4.90 Å². The van der Waals surface area contributed by atoms with Crippen LogP contribution in [0.4, 0.5) is 5.69 Å².